The summed E-state index contributed by atoms with van der Waals surface area (Å²) in [7, 11) is 0. The second-order valence-corrected chi connectivity index (χ2v) is 6.10. The van der Waals surface area contributed by atoms with Crippen LogP contribution in [0.15, 0.2) is 18.2 Å². The van der Waals surface area contributed by atoms with Gasteiger partial charge in [0.2, 0.25) is 0 Å². The number of nitro groups is 1. The van der Waals surface area contributed by atoms with E-state index >= 15 is 0 Å². The maximum Gasteiger partial charge on any atom is 0.270 e. The van der Waals surface area contributed by atoms with Crippen LogP contribution in [0.5, 0.6) is 0 Å². The van der Waals surface area contributed by atoms with Crippen LogP contribution in [0.1, 0.15) is 37.9 Å². The molecule has 4 nitrogen and oxygen atoms in total. The fourth-order valence-electron chi connectivity index (χ4n) is 3.31. The van der Waals surface area contributed by atoms with E-state index in [1.165, 1.54) is 24.1 Å². The molecular weight excluding hydrogens is 252 g/mol. The fraction of sp³-hybridized carbons (Fsp3) is 0.500. The molecule has 1 aromatic carbocycles. The molecule has 0 saturated carbocycles. The Morgan fingerprint density at radius 1 is 1.30 bits per heavy atom. The van der Waals surface area contributed by atoms with Crippen molar-refractivity contribution in [2.45, 2.75) is 46.1 Å². The number of aryl methyl sites for hydroxylation is 1. The van der Waals surface area contributed by atoms with Gasteiger partial charge in [-0.3, -0.25) is 10.1 Å². The molecule has 0 bridgehead atoms. The number of hydrogen-bond donors (Lipinski definition) is 0. The number of fused-ring (bicyclic) bond motifs is 3. The normalized spacial score (nSPS) is 14.8. The van der Waals surface area contributed by atoms with Crippen molar-refractivity contribution >= 4 is 16.6 Å². The van der Waals surface area contributed by atoms with Gasteiger partial charge in [0.05, 0.1) is 4.92 Å². The average Bonchev–Trinajstić information content (AvgIpc) is 2.73. The summed E-state index contributed by atoms with van der Waals surface area (Å²) in [6.07, 6.45) is 4.57. The van der Waals surface area contributed by atoms with E-state index in [0.29, 0.717) is 5.92 Å². The van der Waals surface area contributed by atoms with Gasteiger partial charge in [0.25, 0.3) is 5.69 Å². The summed E-state index contributed by atoms with van der Waals surface area (Å²) in [6.45, 7) is 5.42. The van der Waals surface area contributed by atoms with Crippen molar-refractivity contribution in [3.8, 4) is 0 Å². The number of nitro benzene ring substituents is 1. The maximum absolute atomic E-state index is 11.0. The first-order valence-corrected chi connectivity index (χ1v) is 7.36. The predicted molar refractivity (Wildman–Crippen MR) is 80.1 cm³/mol. The zero-order valence-corrected chi connectivity index (χ0v) is 12.1. The van der Waals surface area contributed by atoms with E-state index in [9.17, 15) is 10.1 Å². The molecule has 1 aliphatic carbocycles. The van der Waals surface area contributed by atoms with Gasteiger partial charge in [-0.1, -0.05) is 13.8 Å². The number of hydrogen-bond acceptors (Lipinski definition) is 2. The zero-order chi connectivity index (χ0) is 14.3. The van der Waals surface area contributed by atoms with Crippen molar-refractivity contribution in [1.29, 1.82) is 0 Å². The first-order valence-electron chi connectivity index (χ1n) is 7.36. The molecule has 1 aliphatic rings. The van der Waals surface area contributed by atoms with Crippen molar-refractivity contribution in [3.63, 3.8) is 0 Å². The van der Waals surface area contributed by atoms with Crippen LogP contribution in [-0.4, -0.2) is 9.49 Å². The summed E-state index contributed by atoms with van der Waals surface area (Å²) in [5, 5.41) is 12.1. The van der Waals surface area contributed by atoms with Crippen molar-refractivity contribution in [3.05, 3.63) is 39.6 Å². The van der Waals surface area contributed by atoms with E-state index in [1.54, 1.807) is 12.1 Å². The molecule has 0 N–H and O–H groups in total. The van der Waals surface area contributed by atoms with E-state index in [1.807, 2.05) is 6.07 Å². The second-order valence-electron chi connectivity index (χ2n) is 6.10. The molecule has 3 rings (SSSR count). The number of rotatable bonds is 3. The smallest absolute Gasteiger partial charge is 0.270 e. The van der Waals surface area contributed by atoms with Gasteiger partial charge in [0.15, 0.2) is 0 Å². The molecule has 20 heavy (non-hydrogen) atoms. The van der Waals surface area contributed by atoms with Crippen LogP contribution in [0, 0.1) is 16.0 Å². The van der Waals surface area contributed by atoms with Gasteiger partial charge in [0, 0.05) is 35.3 Å². The van der Waals surface area contributed by atoms with Gasteiger partial charge in [-0.05, 0) is 43.2 Å². The highest BCUT2D eigenvalue weighted by atomic mass is 16.6. The van der Waals surface area contributed by atoms with Crippen LogP contribution in [-0.2, 0) is 19.4 Å². The Labute approximate surface area is 118 Å². The molecule has 1 aromatic heterocycles. The van der Waals surface area contributed by atoms with Gasteiger partial charge < -0.3 is 4.57 Å². The Balaban J connectivity index is 2.24. The predicted octanol–water partition coefficient (Wildman–Crippen LogP) is 4.08. The van der Waals surface area contributed by atoms with Crippen LogP contribution in [0.2, 0.25) is 0 Å². The summed E-state index contributed by atoms with van der Waals surface area (Å²) in [4.78, 5) is 10.7. The van der Waals surface area contributed by atoms with E-state index in [2.05, 4.69) is 18.4 Å². The van der Waals surface area contributed by atoms with Crippen molar-refractivity contribution in [2.75, 3.05) is 0 Å². The number of non-ortho nitro benzene ring substituents is 1. The minimum atomic E-state index is -0.297. The third kappa shape index (κ3) is 2.09. The molecule has 0 spiro atoms. The molecule has 0 radical (unpaired) electrons. The van der Waals surface area contributed by atoms with Gasteiger partial charge in [-0.2, -0.15) is 0 Å². The van der Waals surface area contributed by atoms with E-state index < -0.39 is 0 Å². The van der Waals surface area contributed by atoms with Gasteiger partial charge in [0.1, 0.15) is 0 Å². The SMILES string of the molecule is CC(C)Cn1c2c(c3cc([N+](=O)[O-])ccc31)CCCC2. The highest BCUT2D eigenvalue weighted by Gasteiger charge is 2.22. The number of benzene rings is 1. The summed E-state index contributed by atoms with van der Waals surface area (Å²) < 4.78 is 2.39. The maximum atomic E-state index is 11.0. The average molecular weight is 272 g/mol. The third-order valence-electron chi connectivity index (χ3n) is 4.12. The fourth-order valence-corrected chi connectivity index (χ4v) is 3.31. The standard InChI is InChI=1S/C16H20N2O2/c1-11(2)10-17-15-6-4-3-5-13(15)14-9-12(18(19)20)7-8-16(14)17/h7-9,11H,3-6,10H2,1-2H3. The summed E-state index contributed by atoms with van der Waals surface area (Å²) in [6, 6.07) is 5.31. The summed E-state index contributed by atoms with van der Waals surface area (Å²) in [5.74, 6) is 0.576. The molecule has 0 aliphatic heterocycles. The Morgan fingerprint density at radius 2 is 2.05 bits per heavy atom. The lowest BCUT2D eigenvalue weighted by molar-refractivity contribution is -0.384. The Hall–Kier alpha value is -1.84. The Kier molecular flexibility index (Phi) is 3.24. The molecule has 0 unspecified atom stereocenters. The molecule has 1 heterocycles. The van der Waals surface area contributed by atoms with E-state index in [4.69, 9.17) is 0 Å². The van der Waals surface area contributed by atoms with Gasteiger partial charge >= 0.3 is 0 Å². The monoisotopic (exact) mass is 272 g/mol. The molecule has 0 atom stereocenters. The molecule has 2 aromatic rings. The lowest BCUT2D eigenvalue weighted by Gasteiger charge is -2.17. The van der Waals surface area contributed by atoms with E-state index in [0.717, 1.165) is 30.3 Å². The van der Waals surface area contributed by atoms with E-state index in [-0.39, 0.29) is 10.6 Å². The highest BCUT2D eigenvalue weighted by molar-refractivity contribution is 5.88. The van der Waals surface area contributed by atoms with Gasteiger partial charge in [-0.25, -0.2) is 0 Å². The first-order chi connectivity index (χ1) is 9.58. The minimum Gasteiger partial charge on any atom is -0.344 e. The van der Waals surface area contributed by atoms with Crippen LogP contribution >= 0.6 is 0 Å². The zero-order valence-electron chi connectivity index (χ0n) is 12.1. The lowest BCUT2D eigenvalue weighted by Crippen LogP contribution is -2.11. The summed E-state index contributed by atoms with van der Waals surface area (Å²) >= 11 is 0. The van der Waals surface area contributed by atoms with Crippen LogP contribution in [0.25, 0.3) is 10.9 Å². The second kappa shape index (κ2) is 4.93. The van der Waals surface area contributed by atoms with Crippen LogP contribution in [0.4, 0.5) is 5.69 Å². The van der Waals surface area contributed by atoms with Crippen molar-refractivity contribution in [1.82, 2.24) is 4.57 Å². The lowest BCUT2D eigenvalue weighted by atomic mass is 9.95. The molecular formula is C16H20N2O2. The molecule has 0 saturated heterocycles. The molecule has 0 fully saturated rings. The number of aromatic nitrogens is 1. The molecule has 0 amide bonds. The Bertz CT molecular complexity index is 671. The quantitative estimate of drug-likeness (QED) is 0.624. The van der Waals surface area contributed by atoms with Crippen LogP contribution in [0.3, 0.4) is 0 Å². The number of nitrogens with zero attached hydrogens (tertiary/aromatic N) is 2. The summed E-state index contributed by atoms with van der Waals surface area (Å²) in [5.41, 5.74) is 4.11. The topological polar surface area (TPSA) is 48.1 Å². The minimum absolute atomic E-state index is 0.201. The molecule has 106 valence electrons. The van der Waals surface area contributed by atoms with Gasteiger partial charge in [-0.15, -0.1) is 0 Å². The van der Waals surface area contributed by atoms with Crippen LogP contribution < -0.4 is 0 Å². The third-order valence-corrected chi connectivity index (χ3v) is 4.12. The van der Waals surface area contributed by atoms with Crippen molar-refractivity contribution < 1.29 is 4.92 Å². The largest absolute Gasteiger partial charge is 0.344 e. The molecule has 4 heteroatoms. The Morgan fingerprint density at radius 3 is 2.75 bits per heavy atom. The highest BCUT2D eigenvalue weighted by Crippen LogP contribution is 2.34. The van der Waals surface area contributed by atoms with Crippen molar-refractivity contribution in [2.24, 2.45) is 5.92 Å². The first kappa shape index (κ1) is 13.2.